The maximum absolute atomic E-state index is 9.25. The van der Waals surface area contributed by atoms with Gasteiger partial charge in [0.1, 0.15) is 5.82 Å². The highest BCUT2D eigenvalue weighted by Gasteiger charge is 2.08. The quantitative estimate of drug-likeness (QED) is 0.768. The molecular weight excluding hydrogens is 212 g/mol. The molecule has 1 N–H and O–H groups in total. The number of hydrogen-bond acceptors (Lipinski definition) is 3. The molecule has 0 spiro atoms. The molecule has 0 bridgehead atoms. The van der Waals surface area contributed by atoms with Crippen LogP contribution < -0.4 is 4.90 Å². The molecule has 0 aliphatic rings. The Morgan fingerprint density at radius 1 is 1.41 bits per heavy atom. The molecule has 1 heterocycles. The van der Waals surface area contributed by atoms with Gasteiger partial charge in [0.25, 0.3) is 0 Å². The zero-order valence-electron chi connectivity index (χ0n) is 11.0. The molecule has 94 valence electrons. The van der Waals surface area contributed by atoms with Crippen LogP contribution in [0.5, 0.6) is 0 Å². The molecule has 0 atom stereocenters. The predicted octanol–water partition coefficient (Wildman–Crippen LogP) is 2.54. The second-order valence-corrected chi connectivity index (χ2v) is 4.31. The molecule has 1 rings (SSSR count). The highest BCUT2D eigenvalue weighted by molar-refractivity contribution is 5.43. The topological polar surface area (TPSA) is 36.4 Å². The molecule has 0 saturated heterocycles. The minimum absolute atomic E-state index is 0.0626. The molecule has 0 aliphatic carbocycles. The maximum atomic E-state index is 9.25. The van der Waals surface area contributed by atoms with Gasteiger partial charge in [-0.25, -0.2) is 4.98 Å². The molecule has 0 fully saturated rings. The Morgan fingerprint density at radius 3 is 2.59 bits per heavy atom. The Morgan fingerprint density at radius 2 is 2.12 bits per heavy atom. The minimum atomic E-state index is 0.0626. The Kier molecular flexibility index (Phi) is 5.16. The van der Waals surface area contributed by atoms with Crippen LogP contribution in [0.4, 0.5) is 5.82 Å². The zero-order valence-corrected chi connectivity index (χ0v) is 11.0. The van der Waals surface area contributed by atoms with Crippen molar-refractivity contribution in [1.82, 2.24) is 4.98 Å². The van der Waals surface area contributed by atoms with Crippen molar-refractivity contribution in [3.05, 3.63) is 35.5 Å². The Balaban J connectivity index is 3.04. The van der Waals surface area contributed by atoms with Gasteiger partial charge in [-0.1, -0.05) is 19.1 Å². The first kappa shape index (κ1) is 13.7. The molecule has 3 heteroatoms. The van der Waals surface area contributed by atoms with E-state index in [0.717, 1.165) is 42.2 Å². The number of likely N-dealkylation sites (N-methyl/N-ethyl adjacent to an activating group) is 1. The van der Waals surface area contributed by atoms with E-state index < -0.39 is 0 Å². The summed E-state index contributed by atoms with van der Waals surface area (Å²) in [6, 6.07) is 3.91. The van der Waals surface area contributed by atoms with E-state index >= 15 is 0 Å². The highest BCUT2D eigenvalue weighted by atomic mass is 16.3. The molecule has 0 radical (unpaired) electrons. The molecule has 3 nitrogen and oxygen atoms in total. The van der Waals surface area contributed by atoms with Crippen LogP contribution in [-0.4, -0.2) is 23.2 Å². The Hall–Kier alpha value is -1.35. The van der Waals surface area contributed by atoms with Crippen LogP contribution >= 0.6 is 0 Å². The zero-order chi connectivity index (χ0) is 12.8. The SMILES string of the molecule is C=C(C)CN(CC)c1cc(CO)cc(CC)n1. The van der Waals surface area contributed by atoms with Gasteiger partial charge in [0.15, 0.2) is 0 Å². The summed E-state index contributed by atoms with van der Waals surface area (Å²) in [5, 5.41) is 9.25. The van der Waals surface area contributed by atoms with E-state index in [1.54, 1.807) is 0 Å². The number of hydrogen-bond donors (Lipinski definition) is 1. The lowest BCUT2D eigenvalue weighted by atomic mass is 10.2. The smallest absolute Gasteiger partial charge is 0.129 e. The molecule has 1 aromatic heterocycles. The summed E-state index contributed by atoms with van der Waals surface area (Å²) in [6.45, 7) is 11.9. The number of aryl methyl sites for hydroxylation is 1. The van der Waals surface area contributed by atoms with Gasteiger partial charge in [-0.15, -0.1) is 0 Å². The lowest BCUT2D eigenvalue weighted by molar-refractivity contribution is 0.281. The average molecular weight is 234 g/mol. The summed E-state index contributed by atoms with van der Waals surface area (Å²) in [5.41, 5.74) is 3.06. The Labute approximate surface area is 104 Å². The van der Waals surface area contributed by atoms with Crippen molar-refractivity contribution in [2.24, 2.45) is 0 Å². The van der Waals surface area contributed by atoms with Crippen LogP contribution in [0.25, 0.3) is 0 Å². The van der Waals surface area contributed by atoms with Crippen molar-refractivity contribution in [3.63, 3.8) is 0 Å². The van der Waals surface area contributed by atoms with Crippen LogP contribution in [-0.2, 0) is 13.0 Å². The summed E-state index contributed by atoms with van der Waals surface area (Å²) in [7, 11) is 0. The highest BCUT2D eigenvalue weighted by Crippen LogP contribution is 2.16. The Bertz CT molecular complexity index is 366. The fraction of sp³-hybridized carbons (Fsp3) is 0.500. The van der Waals surface area contributed by atoms with Crippen molar-refractivity contribution in [1.29, 1.82) is 0 Å². The van der Waals surface area contributed by atoms with E-state index in [0.29, 0.717) is 0 Å². The summed E-state index contributed by atoms with van der Waals surface area (Å²) >= 11 is 0. The molecule has 0 amide bonds. The monoisotopic (exact) mass is 234 g/mol. The number of aromatic nitrogens is 1. The second kappa shape index (κ2) is 6.40. The van der Waals surface area contributed by atoms with Crippen LogP contribution in [0.15, 0.2) is 24.3 Å². The number of aliphatic hydroxyl groups excluding tert-OH is 1. The minimum Gasteiger partial charge on any atom is -0.392 e. The fourth-order valence-corrected chi connectivity index (χ4v) is 1.75. The third-order valence-corrected chi connectivity index (χ3v) is 2.64. The largest absolute Gasteiger partial charge is 0.392 e. The van der Waals surface area contributed by atoms with Gasteiger partial charge in [0, 0.05) is 18.8 Å². The van der Waals surface area contributed by atoms with E-state index in [4.69, 9.17) is 0 Å². The van der Waals surface area contributed by atoms with E-state index in [9.17, 15) is 5.11 Å². The molecule has 0 saturated carbocycles. The average Bonchev–Trinajstić information content (AvgIpc) is 2.34. The van der Waals surface area contributed by atoms with Crippen molar-refractivity contribution in [3.8, 4) is 0 Å². The summed E-state index contributed by atoms with van der Waals surface area (Å²) < 4.78 is 0. The lowest BCUT2D eigenvalue weighted by Gasteiger charge is -2.23. The van der Waals surface area contributed by atoms with Gasteiger partial charge in [0.2, 0.25) is 0 Å². The summed E-state index contributed by atoms with van der Waals surface area (Å²) in [4.78, 5) is 6.77. The molecular formula is C14H22N2O. The second-order valence-electron chi connectivity index (χ2n) is 4.31. The van der Waals surface area contributed by atoms with Gasteiger partial charge >= 0.3 is 0 Å². The fourth-order valence-electron chi connectivity index (χ4n) is 1.75. The van der Waals surface area contributed by atoms with E-state index in [1.165, 1.54) is 0 Å². The first-order valence-electron chi connectivity index (χ1n) is 6.10. The van der Waals surface area contributed by atoms with Crippen molar-refractivity contribution < 1.29 is 5.11 Å². The van der Waals surface area contributed by atoms with Crippen LogP contribution in [0.2, 0.25) is 0 Å². The van der Waals surface area contributed by atoms with Crippen molar-refractivity contribution in [2.75, 3.05) is 18.0 Å². The third-order valence-electron chi connectivity index (χ3n) is 2.64. The van der Waals surface area contributed by atoms with Crippen LogP contribution in [0.3, 0.4) is 0 Å². The van der Waals surface area contributed by atoms with Gasteiger partial charge < -0.3 is 10.0 Å². The summed E-state index contributed by atoms with van der Waals surface area (Å²) in [5.74, 6) is 0.930. The van der Waals surface area contributed by atoms with Gasteiger partial charge in [-0.3, -0.25) is 0 Å². The molecule has 0 unspecified atom stereocenters. The first-order valence-corrected chi connectivity index (χ1v) is 6.10. The standard InChI is InChI=1S/C14H22N2O/c1-5-13-7-12(10-17)8-14(15-13)16(6-2)9-11(3)4/h7-8,17H,3,5-6,9-10H2,1-2,4H3. The number of anilines is 1. The van der Waals surface area contributed by atoms with Gasteiger partial charge in [0.05, 0.1) is 6.61 Å². The number of rotatable bonds is 6. The molecule has 0 aromatic carbocycles. The number of aliphatic hydroxyl groups is 1. The van der Waals surface area contributed by atoms with Gasteiger partial charge in [-0.05, 0) is 38.0 Å². The molecule has 0 aliphatic heterocycles. The third kappa shape index (κ3) is 3.86. The van der Waals surface area contributed by atoms with E-state index in [-0.39, 0.29) is 6.61 Å². The normalized spacial score (nSPS) is 10.4. The predicted molar refractivity (Wildman–Crippen MR) is 72.2 cm³/mol. The van der Waals surface area contributed by atoms with E-state index in [1.807, 2.05) is 19.1 Å². The summed E-state index contributed by atoms with van der Waals surface area (Å²) in [6.07, 6.45) is 0.880. The van der Waals surface area contributed by atoms with Crippen molar-refractivity contribution >= 4 is 5.82 Å². The number of nitrogens with zero attached hydrogens (tertiary/aromatic N) is 2. The number of pyridine rings is 1. The lowest BCUT2D eigenvalue weighted by Crippen LogP contribution is -2.25. The van der Waals surface area contributed by atoms with Crippen LogP contribution in [0, 0.1) is 0 Å². The molecule has 17 heavy (non-hydrogen) atoms. The van der Waals surface area contributed by atoms with Crippen molar-refractivity contribution in [2.45, 2.75) is 33.8 Å². The van der Waals surface area contributed by atoms with E-state index in [2.05, 4.69) is 30.3 Å². The maximum Gasteiger partial charge on any atom is 0.129 e. The first-order chi connectivity index (χ1) is 8.10. The van der Waals surface area contributed by atoms with Crippen LogP contribution in [0.1, 0.15) is 32.0 Å². The molecule has 1 aromatic rings. The van der Waals surface area contributed by atoms with Gasteiger partial charge in [-0.2, -0.15) is 0 Å².